The quantitative estimate of drug-likeness (QED) is 0.359. The minimum atomic E-state index is -0.353. The second-order valence-electron chi connectivity index (χ2n) is 6.28. The SMILES string of the molecule is Cc1ccc(/C=N\NC(=O)c2ccc(Nc3nc4ccccc4c(=O)[nH]3)cc2)o1. The van der Waals surface area contributed by atoms with Crippen LogP contribution in [0.5, 0.6) is 0 Å². The third kappa shape index (κ3) is 4.22. The number of para-hydroxylation sites is 1. The summed E-state index contributed by atoms with van der Waals surface area (Å²) in [5.41, 5.74) is 3.93. The molecule has 2 heterocycles. The molecule has 0 radical (unpaired) electrons. The Kier molecular flexibility index (Phi) is 4.90. The van der Waals surface area contributed by atoms with Gasteiger partial charge in [-0.15, -0.1) is 0 Å². The number of furan rings is 1. The number of aromatic nitrogens is 2. The molecular weight excluding hydrogens is 370 g/mol. The van der Waals surface area contributed by atoms with E-state index in [0.717, 1.165) is 5.76 Å². The molecule has 4 rings (SSSR count). The average molecular weight is 387 g/mol. The number of aromatic amines is 1. The van der Waals surface area contributed by atoms with E-state index in [4.69, 9.17) is 4.42 Å². The largest absolute Gasteiger partial charge is 0.460 e. The summed E-state index contributed by atoms with van der Waals surface area (Å²) in [5.74, 6) is 1.29. The van der Waals surface area contributed by atoms with E-state index in [1.165, 1.54) is 6.21 Å². The van der Waals surface area contributed by atoms with Gasteiger partial charge in [-0.2, -0.15) is 5.10 Å². The van der Waals surface area contributed by atoms with Crippen molar-refractivity contribution < 1.29 is 9.21 Å². The molecule has 0 aliphatic carbocycles. The van der Waals surface area contributed by atoms with E-state index in [0.29, 0.717) is 33.9 Å². The van der Waals surface area contributed by atoms with E-state index < -0.39 is 0 Å². The van der Waals surface area contributed by atoms with Crippen LogP contribution in [0.4, 0.5) is 11.6 Å². The molecule has 144 valence electrons. The minimum Gasteiger partial charge on any atom is -0.460 e. The van der Waals surface area contributed by atoms with Gasteiger partial charge in [0.1, 0.15) is 11.5 Å². The first-order chi connectivity index (χ1) is 14.1. The Morgan fingerprint density at radius 1 is 1.10 bits per heavy atom. The van der Waals surface area contributed by atoms with Crippen molar-refractivity contribution >= 4 is 34.7 Å². The van der Waals surface area contributed by atoms with Crippen LogP contribution >= 0.6 is 0 Å². The summed E-state index contributed by atoms with van der Waals surface area (Å²) in [7, 11) is 0. The molecule has 0 spiro atoms. The van der Waals surface area contributed by atoms with Crippen LogP contribution in [0, 0.1) is 6.92 Å². The molecule has 8 heteroatoms. The van der Waals surface area contributed by atoms with Gasteiger partial charge in [-0.1, -0.05) is 12.1 Å². The number of hydrazone groups is 1. The number of carbonyl (C=O) groups is 1. The molecule has 0 unspecified atom stereocenters. The summed E-state index contributed by atoms with van der Waals surface area (Å²) in [6.07, 6.45) is 1.43. The molecule has 4 aromatic rings. The van der Waals surface area contributed by atoms with Crippen molar-refractivity contribution in [3.63, 3.8) is 0 Å². The average Bonchev–Trinajstić information content (AvgIpc) is 3.13. The van der Waals surface area contributed by atoms with Gasteiger partial charge in [-0.05, 0) is 55.5 Å². The Labute approximate surface area is 165 Å². The lowest BCUT2D eigenvalue weighted by molar-refractivity contribution is 0.0955. The molecule has 0 aliphatic rings. The van der Waals surface area contributed by atoms with E-state index in [1.807, 2.05) is 19.1 Å². The molecule has 2 aromatic heterocycles. The van der Waals surface area contributed by atoms with Gasteiger partial charge in [0.25, 0.3) is 11.5 Å². The summed E-state index contributed by atoms with van der Waals surface area (Å²) < 4.78 is 5.34. The highest BCUT2D eigenvalue weighted by Crippen LogP contribution is 2.15. The maximum absolute atomic E-state index is 12.2. The first-order valence-corrected chi connectivity index (χ1v) is 8.84. The standard InChI is InChI=1S/C21H17N5O3/c1-13-6-11-16(29-13)12-22-26-19(27)14-7-9-15(10-8-14)23-21-24-18-5-3-2-4-17(18)20(28)25-21/h2-12H,1H3,(H,26,27)(H2,23,24,25,28)/b22-12-. The molecule has 0 saturated carbocycles. The number of nitrogens with zero attached hydrogens (tertiary/aromatic N) is 2. The van der Waals surface area contributed by atoms with Gasteiger partial charge in [0.05, 0.1) is 17.1 Å². The van der Waals surface area contributed by atoms with Crippen LogP contribution in [0.2, 0.25) is 0 Å². The van der Waals surface area contributed by atoms with Crippen molar-refractivity contribution in [2.45, 2.75) is 6.92 Å². The van der Waals surface area contributed by atoms with Gasteiger partial charge >= 0.3 is 0 Å². The zero-order valence-corrected chi connectivity index (χ0v) is 15.5. The Morgan fingerprint density at radius 2 is 1.90 bits per heavy atom. The highest BCUT2D eigenvalue weighted by atomic mass is 16.3. The zero-order chi connectivity index (χ0) is 20.2. The predicted octanol–water partition coefficient (Wildman–Crippen LogP) is 3.33. The van der Waals surface area contributed by atoms with Crippen molar-refractivity contribution in [2.24, 2.45) is 5.10 Å². The first kappa shape index (κ1) is 18.2. The van der Waals surface area contributed by atoms with Gasteiger partial charge < -0.3 is 9.73 Å². The van der Waals surface area contributed by atoms with Crippen LogP contribution in [-0.2, 0) is 0 Å². The molecular formula is C21H17N5O3. The monoisotopic (exact) mass is 387 g/mol. The van der Waals surface area contributed by atoms with Crippen LogP contribution in [0.3, 0.4) is 0 Å². The van der Waals surface area contributed by atoms with E-state index >= 15 is 0 Å². The van der Waals surface area contributed by atoms with Crippen LogP contribution in [0.15, 0.2) is 75.0 Å². The van der Waals surface area contributed by atoms with Crippen molar-refractivity contribution in [1.82, 2.24) is 15.4 Å². The fourth-order valence-corrected chi connectivity index (χ4v) is 2.73. The van der Waals surface area contributed by atoms with Crippen LogP contribution in [0.1, 0.15) is 21.9 Å². The van der Waals surface area contributed by atoms with Crippen molar-refractivity contribution in [2.75, 3.05) is 5.32 Å². The Hall–Kier alpha value is -4.20. The number of benzene rings is 2. The molecule has 0 saturated heterocycles. The number of rotatable bonds is 5. The summed E-state index contributed by atoms with van der Waals surface area (Å²) in [5, 5.41) is 7.43. The third-order valence-corrected chi connectivity index (χ3v) is 4.14. The fraction of sp³-hybridized carbons (Fsp3) is 0.0476. The normalized spacial score (nSPS) is 11.1. The number of H-pyrrole nitrogens is 1. The summed E-state index contributed by atoms with van der Waals surface area (Å²) in [6, 6.07) is 17.4. The second-order valence-corrected chi connectivity index (χ2v) is 6.28. The van der Waals surface area contributed by atoms with E-state index in [2.05, 4.69) is 25.8 Å². The first-order valence-electron chi connectivity index (χ1n) is 8.84. The maximum atomic E-state index is 12.2. The Morgan fingerprint density at radius 3 is 2.66 bits per heavy atom. The highest BCUT2D eigenvalue weighted by molar-refractivity contribution is 5.95. The van der Waals surface area contributed by atoms with Gasteiger partial charge in [-0.25, -0.2) is 10.4 Å². The number of fused-ring (bicyclic) bond motifs is 1. The van der Waals surface area contributed by atoms with E-state index in [-0.39, 0.29) is 11.5 Å². The molecule has 0 atom stereocenters. The molecule has 3 N–H and O–H groups in total. The Balaban J connectivity index is 1.43. The lowest BCUT2D eigenvalue weighted by atomic mass is 10.2. The smallest absolute Gasteiger partial charge is 0.271 e. The number of anilines is 2. The molecule has 0 bridgehead atoms. The predicted molar refractivity (Wildman–Crippen MR) is 111 cm³/mol. The lowest BCUT2D eigenvalue weighted by Gasteiger charge is -2.07. The summed E-state index contributed by atoms with van der Waals surface area (Å²) >= 11 is 0. The molecule has 0 fully saturated rings. The van der Waals surface area contributed by atoms with Crippen molar-refractivity contribution in [3.8, 4) is 0 Å². The number of hydrogen-bond acceptors (Lipinski definition) is 6. The molecule has 1 amide bonds. The van der Waals surface area contributed by atoms with Crippen molar-refractivity contribution in [1.29, 1.82) is 0 Å². The van der Waals surface area contributed by atoms with Gasteiger partial charge in [0.2, 0.25) is 5.95 Å². The maximum Gasteiger partial charge on any atom is 0.271 e. The molecule has 0 aliphatic heterocycles. The zero-order valence-electron chi connectivity index (χ0n) is 15.5. The van der Waals surface area contributed by atoms with E-state index in [1.54, 1.807) is 48.5 Å². The van der Waals surface area contributed by atoms with Crippen LogP contribution in [0.25, 0.3) is 10.9 Å². The molecule has 2 aromatic carbocycles. The number of amides is 1. The van der Waals surface area contributed by atoms with Crippen LogP contribution in [-0.4, -0.2) is 22.1 Å². The van der Waals surface area contributed by atoms with Gasteiger partial charge in [-0.3, -0.25) is 14.6 Å². The number of aryl methyl sites for hydroxylation is 1. The Bertz CT molecular complexity index is 1260. The second kappa shape index (κ2) is 7.81. The molecule has 29 heavy (non-hydrogen) atoms. The lowest BCUT2D eigenvalue weighted by Crippen LogP contribution is -2.17. The third-order valence-electron chi connectivity index (χ3n) is 4.14. The van der Waals surface area contributed by atoms with Crippen LogP contribution < -0.4 is 16.3 Å². The van der Waals surface area contributed by atoms with E-state index in [9.17, 15) is 9.59 Å². The summed E-state index contributed by atoms with van der Waals surface area (Å²) in [6.45, 7) is 1.83. The number of carbonyl (C=O) groups excluding carboxylic acids is 1. The van der Waals surface area contributed by atoms with Gasteiger partial charge in [0, 0.05) is 11.3 Å². The molecule has 8 nitrogen and oxygen atoms in total. The number of nitrogens with one attached hydrogen (secondary N) is 3. The highest BCUT2D eigenvalue weighted by Gasteiger charge is 2.06. The minimum absolute atomic E-state index is 0.223. The van der Waals surface area contributed by atoms with Crippen molar-refractivity contribution in [3.05, 3.63) is 88.1 Å². The fourth-order valence-electron chi connectivity index (χ4n) is 2.73. The topological polar surface area (TPSA) is 112 Å². The van der Waals surface area contributed by atoms with Gasteiger partial charge in [0.15, 0.2) is 0 Å². The number of hydrogen-bond donors (Lipinski definition) is 3. The summed E-state index contributed by atoms with van der Waals surface area (Å²) in [4.78, 5) is 31.4.